The molecule has 0 bridgehead atoms. The van der Waals surface area contributed by atoms with Gasteiger partial charge in [-0.2, -0.15) is 0 Å². The number of rotatable bonds is 1. The number of para-hydroxylation sites is 1. The first-order valence-electron chi connectivity index (χ1n) is 6.44. The van der Waals surface area contributed by atoms with Crippen LogP contribution in [-0.2, 0) is 6.42 Å². The lowest BCUT2D eigenvalue weighted by Crippen LogP contribution is -1.94. The Morgan fingerprint density at radius 1 is 1.11 bits per heavy atom. The minimum Gasteiger partial charge on any atom is -0.452 e. The summed E-state index contributed by atoms with van der Waals surface area (Å²) in [5.41, 5.74) is 3.53. The molecule has 3 aromatic rings. The van der Waals surface area contributed by atoms with E-state index in [0.29, 0.717) is 0 Å². The van der Waals surface area contributed by atoms with Gasteiger partial charge in [-0.05, 0) is 19.1 Å². The van der Waals surface area contributed by atoms with Gasteiger partial charge in [0.2, 0.25) is 0 Å². The molecule has 2 aromatic heterocycles. The molecule has 0 fully saturated rings. The van der Waals surface area contributed by atoms with Gasteiger partial charge in [0.1, 0.15) is 16.9 Å². The van der Waals surface area contributed by atoms with Crippen molar-refractivity contribution in [3.05, 3.63) is 35.8 Å². The summed E-state index contributed by atoms with van der Waals surface area (Å²) in [6, 6.07) is 7.96. The molecule has 0 spiro atoms. The molecule has 2 heterocycles. The zero-order valence-electron chi connectivity index (χ0n) is 11.3. The fourth-order valence-electron chi connectivity index (χ4n) is 1.94. The molecular formula is C15H18N2O. The van der Waals surface area contributed by atoms with E-state index in [9.17, 15) is 0 Å². The van der Waals surface area contributed by atoms with Crippen molar-refractivity contribution in [2.24, 2.45) is 0 Å². The molecule has 0 unspecified atom stereocenters. The summed E-state index contributed by atoms with van der Waals surface area (Å²) in [5.74, 6) is 0.872. The highest BCUT2D eigenvalue weighted by Crippen LogP contribution is 2.28. The van der Waals surface area contributed by atoms with E-state index < -0.39 is 0 Å². The fraction of sp³-hybridized carbons (Fsp3) is 0.333. The first-order chi connectivity index (χ1) is 8.79. The quantitative estimate of drug-likeness (QED) is 0.639. The molecule has 18 heavy (non-hydrogen) atoms. The smallest absolute Gasteiger partial charge is 0.175 e. The van der Waals surface area contributed by atoms with Crippen LogP contribution in [0.1, 0.15) is 32.3 Å². The van der Waals surface area contributed by atoms with E-state index in [1.54, 1.807) is 0 Å². The van der Waals surface area contributed by atoms with Gasteiger partial charge >= 0.3 is 0 Å². The maximum atomic E-state index is 5.76. The molecule has 94 valence electrons. The predicted octanol–water partition coefficient (Wildman–Crippen LogP) is 4.27. The molecule has 0 aliphatic carbocycles. The van der Waals surface area contributed by atoms with Crippen LogP contribution in [0.2, 0.25) is 0 Å². The number of fused-ring (bicyclic) bond motifs is 3. The number of aryl methyl sites for hydroxylation is 2. The third-order valence-electron chi connectivity index (χ3n) is 2.75. The second kappa shape index (κ2) is 5.17. The van der Waals surface area contributed by atoms with E-state index in [0.717, 1.165) is 40.0 Å². The largest absolute Gasteiger partial charge is 0.452 e. The number of nitrogens with zero attached hydrogens (tertiary/aromatic N) is 2. The SMILES string of the molecule is CC.CCc1nc(C)c2oc3ccccc3c2n1. The Kier molecular flexibility index (Phi) is 3.60. The van der Waals surface area contributed by atoms with Crippen LogP contribution in [0.15, 0.2) is 28.7 Å². The van der Waals surface area contributed by atoms with Gasteiger partial charge in [-0.1, -0.05) is 32.9 Å². The van der Waals surface area contributed by atoms with Crippen LogP contribution >= 0.6 is 0 Å². The average Bonchev–Trinajstić information content (AvgIpc) is 2.80. The van der Waals surface area contributed by atoms with Crippen molar-refractivity contribution in [3.63, 3.8) is 0 Å². The molecule has 3 rings (SSSR count). The van der Waals surface area contributed by atoms with E-state index in [4.69, 9.17) is 4.42 Å². The molecule has 0 amide bonds. The van der Waals surface area contributed by atoms with E-state index >= 15 is 0 Å². The number of hydrogen-bond donors (Lipinski definition) is 0. The van der Waals surface area contributed by atoms with Gasteiger partial charge < -0.3 is 4.42 Å². The van der Waals surface area contributed by atoms with Crippen LogP contribution < -0.4 is 0 Å². The van der Waals surface area contributed by atoms with Gasteiger partial charge in [0.25, 0.3) is 0 Å². The first kappa shape index (κ1) is 12.6. The highest BCUT2D eigenvalue weighted by atomic mass is 16.3. The molecule has 0 aliphatic rings. The number of furan rings is 1. The fourth-order valence-corrected chi connectivity index (χ4v) is 1.94. The minimum atomic E-state index is 0.804. The molecule has 3 heteroatoms. The molecule has 0 saturated heterocycles. The maximum Gasteiger partial charge on any atom is 0.175 e. The normalized spacial score (nSPS) is 10.4. The summed E-state index contributed by atoms with van der Waals surface area (Å²) in [4.78, 5) is 8.95. The summed E-state index contributed by atoms with van der Waals surface area (Å²) in [6.45, 7) is 8.02. The van der Waals surface area contributed by atoms with Crippen molar-refractivity contribution in [2.45, 2.75) is 34.1 Å². The summed E-state index contributed by atoms with van der Waals surface area (Å²) in [5, 5.41) is 1.07. The van der Waals surface area contributed by atoms with Crippen molar-refractivity contribution in [3.8, 4) is 0 Å². The van der Waals surface area contributed by atoms with Gasteiger partial charge in [0.15, 0.2) is 5.58 Å². The molecule has 3 nitrogen and oxygen atoms in total. The van der Waals surface area contributed by atoms with Crippen LogP contribution in [0.4, 0.5) is 0 Å². The van der Waals surface area contributed by atoms with Crippen molar-refractivity contribution >= 4 is 22.1 Å². The summed E-state index contributed by atoms with van der Waals surface area (Å²) < 4.78 is 5.76. The zero-order chi connectivity index (χ0) is 13.1. The van der Waals surface area contributed by atoms with Gasteiger partial charge in [0, 0.05) is 11.8 Å². The number of hydrogen-bond acceptors (Lipinski definition) is 3. The van der Waals surface area contributed by atoms with E-state index in [1.165, 1.54) is 0 Å². The Bertz CT molecular complexity index is 671. The van der Waals surface area contributed by atoms with Crippen LogP contribution in [0, 0.1) is 6.92 Å². The molecule has 0 saturated carbocycles. The Labute approximate surface area is 107 Å². The molecule has 0 radical (unpaired) electrons. The Balaban J connectivity index is 0.000000574. The topological polar surface area (TPSA) is 38.9 Å². The van der Waals surface area contributed by atoms with E-state index in [-0.39, 0.29) is 0 Å². The second-order valence-electron chi connectivity index (χ2n) is 3.85. The Morgan fingerprint density at radius 3 is 2.56 bits per heavy atom. The van der Waals surface area contributed by atoms with E-state index in [1.807, 2.05) is 45.0 Å². The molecule has 0 aliphatic heterocycles. The second-order valence-corrected chi connectivity index (χ2v) is 3.85. The molecule has 0 N–H and O–H groups in total. The predicted molar refractivity (Wildman–Crippen MR) is 74.8 cm³/mol. The van der Waals surface area contributed by atoms with Gasteiger partial charge in [-0.3, -0.25) is 0 Å². The van der Waals surface area contributed by atoms with Gasteiger partial charge in [-0.25, -0.2) is 9.97 Å². The number of aromatic nitrogens is 2. The first-order valence-corrected chi connectivity index (χ1v) is 6.44. The third kappa shape index (κ3) is 1.96. The number of benzene rings is 1. The Hall–Kier alpha value is -1.90. The van der Waals surface area contributed by atoms with Crippen LogP contribution in [0.3, 0.4) is 0 Å². The lowest BCUT2D eigenvalue weighted by atomic mass is 10.2. The van der Waals surface area contributed by atoms with Crippen LogP contribution in [0.5, 0.6) is 0 Å². The van der Waals surface area contributed by atoms with E-state index in [2.05, 4.69) is 16.9 Å². The average molecular weight is 242 g/mol. The monoisotopic (exact) mass is 242 g/mol. The lowest BCUT2D eigenvalue weighted by molar-refractivity contribution is 0.660. The third-order valence-corrected chi connectivity index (χ3v) is 2.75. The Morgan fingerprint density at radius 2 is 1.83 bits per heavy atom. The minimum absolute atomic E-state index is 0.804. The molecule has 0 atom stereocenters. The summed E-state index contributed by atoms with van der Waals surface area (Å²) in [6.07, 6.45) is 0.844. The standard InChI is InChI=1S/C13H12N2O.C2H6/c1-3-11-14-8(2)13-12(15-11)9-6-4-5-7-10(9)16-13;1-2/h4-7H,3H2,1-2H3;1-2H3. The highest BCUT2D eigenvalue weighted by Gasteiger charge is 2.11. The lowest BCUT2D eigenvalue weighted by Gasteiger charge is -1.97. The van der Waals surface area contributed by atoms with Gasteiger partial charge in [0.05, 0.1) is 5.69 Å². The van der Waals surface area contributed by atoms with Crippen LogP contribution in [-0.4, -0.2) is 9.97 Å². The van der Waals surface area contributed by atoms with Crippen molar-refractivity contribution in [1.82, 2.24) is 9.97 Å². The van der Waals surface area contributed by atoms with Crippen molar-refractivity contribution in [2.75, 3.05) is 0 Å². The summed E-state index contributed by atoms with van der Waals surface area (Å²) in [7, 11) is 0. The van der Waals surface area contributed by atoms with Crippen molar-refractivity contribution in [1.29, 1.82) is 0 Å². The van der Waals surface area contributed by atoms with Crippen LogP contribution in [0.25, 0.3) is 22.1 Å². The van der Waals surface area contributed by atoms with Gasteiger partial charge in [-0.15, -0.1) is 0 Å². The molecule has 1 aromatic carbocycles. The highest BCUT2D eigenvalue weighted by molar-refractivity contribution is 6.02. The molecular weight excluding hydrogens is 224 g/mol. The zero-order valence-corrected chi connectivity index (χ0v) is 11.3. The van der Waals surface area contributed by atoms with Crippen molar-refractivity contribution < 1.29 is 4.42 Å². The summed E-state index contributed by atoms with van der Waals surface area (Å²) >= 11 is 0. The maximum absolute atomic E-state index is 5.76.